The van der Waals surface area contributed by atoms with Crippen LogP contribution in [0.25, 0.3) is 0 Å². The van der Waals surface area contributed by atoms with Gasteiger partial charge in [-0.3, -0.25) is 5.32 Å². The highest BCUT2D eigenvalue weighted by atomic mass is 19.3. The zero-order valence-electron chi connectivity index (χ0n) is 10.1. The Morgan fingerprint density at radius 1 is 1.33 bits per heavy atom. The first-order valence-electron chi connectivity index (χ1n) is 5.55. The van der Waals surface area contributed by atoms with Crippen molar-refractivity contribution >= 4 is 0 Å². The van der Waals surface area contributed by atoms with Crippen molar-refractivity contribution in [2.45, 2.75) is 19.6 Å². The fourth-order valence-corrected chi connectivity index (χ4v) is 1.48. The van der Waals surface area contributed by atoms with Gasteiger partial charge in [-0.25, -0.2) is 0 Å². The molecular formula is C13H16F2N2O. The van der Waals surface area contributed by atoms with Crippen molar-refractivity contribution in [1.29, 1.82) is 0 Å². The zero-order chi connectivity index (χ0) is 13.4. The maximum Gasteiger partial charge on any atom is 0.387 e. The number of alkyl halides is 2. The van der Waals surface area contributed by atoms with Crippen LogP contribution in [0.1, 0.15) is 18.5 Å². The van der Waals surface area contributed by atoms with Crippen molar-refractivity contribution in [3.8, 4) is 17.6 Å². The van der Waals surface area contributed by atoms with Gasteiger partial charge in [0.15, 0.2) is 0 Å². The van der Waals surface area contributed by atoms with E-state index in [0.29, 0.717) is 13.1 Å². The van der Waals surface area contributed by atoms with Gasteiger partial charge in [-0.05, 0) is 24.6 Å². The van der Waals surface area contributed by atoms with Gasteiger partial charge >= 0.3 is 6.61 Å². The van der Waals surface area contributed by atoms with Gasteiger partial charge in [0.2, 0.25) is 0 Å². The molecule has 0 amide bonds. The fraction of sp³-hybridized carbons (Fsp3) is 0.385. The van der Waals surface area contributed by atoms with Gasteiger partial charge in [0.1, 0.15) is 5.75 Å². The van der Waals surface area contributed by atoms with Crippen molar-refractivity contribution in [3.63, 3.8) is 0 Å². The van der Waals surface area contributed by atoms with Crippen LogP contribution in [0.5, 0.6) is 5.75 Å². The van der Waals surface area contributed by atoms with E-state index in [-0.39, 0.29) is 11.8 Å². The molecule has 1 rings (SSSR count). The minimum absolute atomic E-state index is 0.0496. The van der Waals surface area contributed by atoms with Crippen LogP contribution < -0.4 is 15.8 Å². The number of ether oxygens (including phenoxy) is 1. The molecule has 3 N–H and O–H groups in total. The highest BCUT2D eigenvalue weighted by molar-refractivity contribution is 5.29. The topological polar surface area (TPSA) is 47.3 Å². The summed E-state index contributed by atoms with van der Waals surface area (Å²) in [5.41, 5.74) is 6.56. The number of rotatable bonds is 6. The minimum atomic E-state index is -2.81. The molecule has 0 aliphatic heterocycles. The molecule has 18 heavy (non-hydrogen) atoms. The molecule has 3 nitrogen and oxygen atoms in total. The molecule has 0 saturated heterocycles. The second kappa shape index (κ2) is 7.64. The van der Waals surface area contributed by atoms with Gasteiger partial charge in [-0.15, -0.1) is 5.92 Å². The summed E-state index contributed by atoms with van der Waals surface area (Å²) in [7, 11) is 0. The lowest BCUT2D eigenvalue weighted by Gasteiger charge is -2.16. The summed E-state index contributed by atoms with van der Waals surface area (Å²) in [6.45, 7) is -0.108. The van der Waals surface area contributed by atoms with E-state index in [2.05, 4.69) is 21.9 Å². The van der Waals surface area contributed by atoms with Crippen LogP contribution >= 0.6 is 0 Å². The van der Waals surface area contributed by atoms with Crippen LogP contribution in [0.3, 0.4) is 0 Å². The lowest BCUT2D eigenvalue weighted by molar-refractivity contribution is -0.0498. The maximum absolute atomic E-state index is 12.0. The van der Waals surface area contributed by atoms with Crippen LogP contribution in [0, 0.1) is 11.8 Å². The summed E-state index contributed by atoms with van der Waals surface area (Å²) in [6, 6.07) is 6.36. The van der Waals surface area contributed by atoms with Gasteiger partial charge < -0.3 is 10.5 Å². The molecule has 1 aromatic carbocycles. The molecule has 0 bridgehead atoms. The molecule has 0 spiro atoms. The van der Waals surface area contributed by atoms with E-state index in [0.717, 1.165) is 5.56 Å². The first-order valence-corrected chi connectivity index (χ1v) is 5.55. The van der Waals surface area contributed by atoms with E-state index in [1.807, 2.05) is 0 Å². The third kappa shape index (κ3) is 4.70. The minimum Gasteiger partial charge on any atom is -0.435 e. The Bertz CT molecular complexity index is 409. The smallest absolute Gasteiger partial charge is 0.387 e. The van der Waals surface area contributed by atoms with E-state index >= 15 is 0 Å². The Balaban J connectivity index is 2.65. The van der Waals surface area contributed by atoms with Gasteiger partial charge in [0, 0.05) is 12.6 Å². The molecule has 1 aromatic rings. The molecule has 0 aromatic heterocycles. The van der Waals surface area contributed by atoms with Crippen LogP contribution in [-0.2, 0) is 0 Å². The summed E-state index contributed by atoms with van der Waals surface area (Å²) in [5.74, 6) is 5.79. The van der Waals surface area contributed by atoms with Crippen molar-refractivity contribution in [2.75, 3.05) is 13.1 Å². The Morgan fingerprint density at radius 3 is 2.50 bits per heavy atom. The predicted molar refractivity (Wildman–Crippen MR) is 66.3 cm³/mol. The number of nitrogens with two attached hydrogens (primary N) is 1. The molecule has 0 fully saturated rings. The van der Waals surface area contributed by atoms with E-state index in [1.54, 1.807) is 19.1 Å². The number of halogens is 2. The summed E-state index contributed by atoms with van der Waals surface area (Å²) >= 11 is 0. The monoisotopic (exact) mass is 254 g/mol. The molecule has 0 aliphatic rings. The van der Waals surface area contributed by atoms with Gasteiger partial charge in [-0.2, -0.15) is 8.78 Å². The number of nitrogens with one attached hydrogen (secondary N) is 1. The van der Waals surface area contributed by atoms with Crippen molar-refractivity contribution < 1.29 is 13.5 Å². The Morgan fingerprint density at radius 2 is 2.00 bits per heavy atom. The van der Waals surface area contributed by atoms with E-state index in [1.165, 1.54) is 12.1 Å². The maximum atomic E-state index is 12.0. The number of benzene rings is 1. The average molecular weight is 254 g/mol. The molecule has 0 heterocycles. The second-order valence-electron chi connectivity index (χ2n) is 3.54. The third-order valence-electron chi connectivity index (χ3n) is 2.36. The van der Waals surface area contributed by atoms with E-state index in [4.69, 9.17) is 5.73 Å². The molecule has 5 heteroatoms. The first-order chi connectivity index (χ1) is 8.67. The van der Waals surface area contributed by atoms with Crippen molar-refractivity contribution in [1.82, 2.24) is 5.32 Å². The van der Waals surface area contributed by atoms with Gasteiger partial charge in [0.05, 0.1) is 6.54 Å². The Hall–Kier alpha value is -1.64. The lowest BCUT2D eigenvalue weighted by atomic mass is 10.1. The normalized spacial score (nSPS) is 11.8. The highest BCUT2D eigenvalue weighted by Crippen LogP contribution is 2.18. The Labute approximate surface area is 105 Å². The zero-order valence-corrected chi connectivity index (χ0v) is 10.1. The summed E-state index contributed by atoms with van der Waals surface area (Å²) in [4.78, 5) is 0. The summed E-state index contributed by atoms with van der Waals surface area (Å²) < 4.78 is 28.2. The standard InChI is InChI=1S/C13H16F2N2O/c1-2-3-8-17-12(9-16)10-4-6-11(7-5-10)18-13(14)15/h4-7,12-13,17H,8-9,16H2,1H3. The van der Waals surface area contributed by atoms with Gasteiger partial charge in [0.25, 0.3) is 0 Å². The first kappa shape index (κ1) is 14.4. The molecule has 0 radical (unpaired) electrons. The molecule has 0 saturated carbocycles. The summed E-state index contributed by atoms with van der Waals surface area (Å²) in [6.07, 6.45) is 0. The fourth-order valence-electron chi connectivity index (χ4n) is 1.48. The quantitative estimate of drug-likeness (QED) is 0.762. The average Bonchev–Trinajstić information content (AvgIpc) is 2.35. The molecule has 1 unspecified atom stereocenters. The van der Waals surface area contributed by atoms with Gasteiger partial charge in [-0.1, -0.05) is 18.1 Å². The predicted octanol–water partition coefficient (Wildman–Crippen LogP) is 1.90. The molecular weight excluding hydrogens is 238 g/mol. The van der Waals surface area contributed by atoms with E-state index < -0.39 is 6.61 Å². The largest absolute Gasteiger partial charge is 0.435 e. The van der Waals surface area contributed by atoms with Crippen LogP contribution in [0.2, 0.25) is 0 Å². The number of hydrogen-bond donors (Lipinski definition) is 2. The van der Waals surface area contributed by atoms with Crippen LogP contribution in [-0.4, -0.2) is 19.7 Å². The number of hydrogen-bond acceptors (Lipinski definition) is 3. The SMILES string of the molecule is CC#CCNC(CN)c1ccc(OC(F)F)cc1. The van der Waals surface area contributed by atoms with Crippen molar-refractivity contribution in [2.24, 2.45) is 5.73 Å². The molecule has 98 valence electrons. The summed E-state index contributed by atoms with van der Waals surface area (Å²) in [5, 5.41) is 3.16. The molecule has 1 atom stereocenters. The van der Waals surface area contributed by atoms with Crippen molar-refractivity contribution in [3.05, 3.63) is 29.8 Å². The third-order valence-corrected chi connectivity index (χ3v) is 2.36. The highest BCUT2D eigenvalue weighted by Gasteiger charge is 2.09. The lowest BCUT2D eigenvalue weighted by Crippen LogP contribution is -2.28. The van der Waals surface area contributed by atoms with E-state index in [9.17, 15) is 8.78 Å². The second-order valence-corrected chi connectivity index (χ2v) is 3.54. The Kier molecular flexibility index (Phi) is 6.12. The molecule has 0 aliphatic carbocycles. The van der Waals surface area contributed by atoms with Crippen LogP contribution in [0.4, 0.5) is 8.78 Å². The van der Waals surface area contributed by atoms with Crippen LogP contribution in [0.15, 0.2) is 24.3 Å².